The van der Waals surface area contributed by atoms with Gasteiger partial charge in [-0.25, -0.2) is 4.39 Å². The highest BCUT2D eigenvalue weighted by Gasteiger charge is 2.14. The van der Waals surface area contributed by atoms with Crippen LogP contribution in [-0.2, 0) is 0 Å². The fraction of sp³-hybridized carbons (Fsp3) is 0.182. The summed E-state index contributed by atoms with van der Waals surface area (Å²) in [5.74, 6) is 1.74. The Hall–Kier alpha value is -1.86. The van der Waals surface area contributed by atoms with E-state index in [0.29, 0.717) is 11.0 Å². The molecule has 0 aliphatic rings. The molecule has 4 heteroatoms. The van der Waals surface area contributed by atoms with Gasteiger partial charge in [-0.05, 0) is 6.07 Å². The van der Waals surface area contributed by atoms with Crippen molar-refractivity contribution >= 4 is 11.0 Å². The SMILES string of the molecule is C#CCC(O)c1cc2cnoc2cc1F. The molecule has 1 aromatic heterocycles. The maximum atomic E-state index is 13.5. The molecular formula is C11H8FNO2. The molecule has 0 spiro atoms. The number of benzene rings is 1. The number of aliphatic hydroxyl groups excluding tert-OH is 1. The molecule has 0 bridgehead atoms. The number of nitrogens with zero attached hydrogens (tertiary/aromatic N) is 1. The maximum absolute atomic E-state index is 13.5. The number of fused-ring (bicyclic) bond motifs is 1. The van der Waals surface area contributed by atoms with E-state index >= 15 is 0 Å². The molecule has 1 atom stereocenters. The van der Waals surface area contributed by atoms with Gasteiger partial charge in [0.1, 0.15) is 5.82 Å². The van der Waals surface area contributed by atoms with Gasteiger partial charge in [0.2, 0.25) is 0 Å². The standard InChI is InChI=1S/C11H8FNO2/c1-2-3-10(14)8-4-7-6-13-15-11(7)5-9(8)12/h1,4-6,10,14H,3H2. The third kappa shape index (κ3) is 1.69. The average Bonchev–Trinajstić information content (AvgIpc) is 2.63. The first kappa shape index (κ1) is 9.69. The van der Waals surface area contributed by atoms with Gasteiger partial charge in [0.25, 0.3) is 0 Å². The second kappa shape index (κ2) is 3.71. The van der Waals surface area contributed by atoms with E-state index in [2.05, 4.69) is 11.1 Å². The minimum absolute atomic E-state index is 0.0771. The zero-order valence-electron chi connectivity index (χ0n) is 7.77. The Bertz CT molecular complexity index is 527. The van der Waals surface area contributed by atoms with Crippen molar-refractivity contribution in [3.8, 4) is 12.3 Å². The molecule has 1 heterocycles. The van der Waals surface area contributed by atoms with Crippen molar-refractivity contribution in [3.05, 3.63) is 29.7 Å². The van der Waals surface area contributed by atoms with Crippen molar-refractivity contribution < 1.29 is 14.0 Å². The highest BCUT2D eigenvalue weighted by Crippen LogP contribution is 2.25. The summed E-state index contributed by atoms with van der Waals surface area (Å²) in [5, 5.41) is 13.7. The number of aromatic nitrogens is 1. The van der Waals surface area contributed by atoms with Gasteiger partial charge in [0.05, 0.1) is 12.3 Å². The summed E-state index contributed by atoms with van der Waals surface area (Å²) in [6.45, 7) is 0. The molecule has 76 valence electrons. The first-order valence-electron chi connectivity index (χ1n) is 4.37. The van der Waals surface area contributed by atoms with Crippen molar-refractivity contribution in [1.29, 1.82) is 0 Å². The van der Waals surface area contributed by atoms with Gasteiger partial charge >= 0.3 is 0 Å². The number of aliphatic hydroxyl groups is 1. The zero-order valence-corrected chi connectivity index (χ0v) is 7.77. The predicted molar refractivity (Wildman–Crippen MR) is 52.4 cm³/mol. The fourth-order valence-corrected chi connectivity index (χ4v) is 1.39. The Kier molecular flexibility index (Phi) is 2.40. The molecule has 1 unspecified atom stereocenters. The molecule has 1 aromatic carbocycles. The normalized spacial score (nSPS) is 12.6. The maximum Gasteiger partial charge on any atom is 0.169 e. The number of hydrogen-bond donors (Lipinski definition) is 1. The third-order valence-electron chi connectivity index (χ3n) is 2.14. The van der Waals surface area contributed by atoms with E-state index in [1.807, 2.05) is 0 Å². The van der Waals surface area contributed by atoms with Crippen LogP contribution in [0.2, 0.25) is 0 Å². The summed E-state index contributed by atoms with van der Waals surface area (Å²) < 4.78 is 18.2. The van der Waals surface area contributed by atoms with Crippen molar-refractivity contribution in [2.75, 3.05) is 0 Å². The van der Waals surface area contributed by atoms with Gasteiger partial charge in [0, 0.05) is 23.4 Å². The molecule has 0 radical (unpaired) electrons. The number of hydrogen-bond acceptors (Lipinski definition) is 3. The van der Waals surface area contributed by atoms with Crippen LogP contribution in [0.1, 0.15) is 18.1 Å². The molecular weight excluding hydrogens is 197 g/mol. The Morgan fingerprint density at radius 3 is 3.13 bits per heavy atom. The van der Waals surface area contributed by atoms with Crippen LogP contribution >= 0.6 is 0 Å². The number of halogens is 1. The molecule has 0 fully saturated rings. The van der Waals surface area contributed by atoms with Gasteiger partial charge < -0.3 is 9.63 Å². The van der Waals surface area contributed by atoms with Crippen LogP contribution in [0.5, 0.6) is 0 Å². The van der Waals surface area contributed by atoms with E-state index in [1.54, 1.807) is 0 Å². The van der Waals surface area contributed by atoms with Gasteiger partial charge in [-0.3, -0.25) is 0 Å². The van der Waals surface area contributed by atoms with Crippen molar-refractivity contribution in [1.82, 2.24) is 5.16 Å². The van der Waals surface area contributed by atoms with Crippen molar-refractivity contribution in [2.24, 2.45) is 0 Å². The summed E-state index contributed by atoms with van der Waals surface area (Å²) in [6.07, 6.45) is 5.59. The highest BCUT2D eigenvalue weighted by molar-refractivity contribution is 5.76. The van der Waals surface area contributed by atoms with Crippen LogP contribution in [0.25, 0.3) is 11.0 Å². The quantitative estimate of drug-likeness (QED) is 0.763. The minimum atomic E-state index is -0.991. The van der Waals surface area contributed by atoms with Crippen molar-refractivity contribution in [2.45, 2.75) is 12.5 Å². The summed E-state index contributed by atoms with van der Waals surface area (Å²) >= 11 is 0. The van der Waals surface area contributed by atoms with Gasteiger partial charge in [-0.1, -0.05) is 5.16 Å². The van der Waals surface area contributed by atoms with E-state index in [9.17, 15) is 9.50 Å². The number of rotatable bonds is 2. The molecule has 3 nitrogen and oxygen atoms in total. The van der Waals surface area contributed by atoms with Gasteiger partial charge in [0.15, 0.2) is 5.58 Å². The molecule has 15 heavy (non-hydrogen) atoms. The Morgan fingerprint density at radius 2 is 2.40 bits per heavy atom. The van der Waals surface area contributed by atoms with Crippen LogP contribution in [0, 0.1) is 18.2 Å². The summed E-state index contributed by atoms with van der Waals surface area (Å²) in [5.41, 5.74) is 0.521. The van der Waals surface area contributed by atoms with E-state index in [0.717, 1.165) is 0 Å². The number of terminal acetylenes is 1. The fourth-order valence-electron chi connectivity index (χ4n) is 1.39. The van der Waals surface area contributed by atoms with Crippen LogP contribution in [0.4, 0.5) is 4.39 Å². The summed E-state index contributed by atoms with van der Waals surface area (Å²) in [6, 6.07) is 2.68. The zero-order chi connectivity index (χ0) is 10.8. The lowest BCUT2D eigenvalue weighted by molar-refractivity contribution is 0.179. The lowest BCUT2D eigenvalue weighted by atomic mass is 10.0. The third-order valence-corrected chi connectivity index (χ3v) is 2.14. The minimum Gasteiger partial charge on any atom is -0.387 e. The van der Waals surface area contributed by atoms with Gasteiger partial charge in [-0.15, -0.1) is 12.3 Å². The average molecular weight is 205 g/mol. The summed E-state index contributed by atoms with van der Waals surface area (Å²) in [4.78, 5) is 0. The van der Waals surface area contributed by atoms with Crippen LogP contribution < -0.4 is 0 Å². The Labute approximate surface area is 85.5 Å². The molecule has 0 saturated carbocycles. The molecule has 2 rings (SSSR count). The topological polar surface area (TPSA) is 46.3 Å². The Balaban J connectivity index is 2.51. The lowest BCUT2D eigenvalue weighted by Crippen LogP contribution is -1.99. The van der Waals surface area contributed by atoms with E-state index < -0.39 is 11.9 Å². The largest absolute Gasteiger partial charge is 0.387 e. The smallest absolute Gasteiger partial charge is 0.169 e. The highest BCUT2D eigenvalue weighted by atomic mass is 19.1. The van der Waals surface area contributed by atoms with Crippen LogP contribution in [0.3, 0.4) is 0 Å². The molecule has 0 saturated heterocycles. The second-order valence-corrected chi connectivity index (χ2v) is 3.16. The lowest BCUT2D eigenvalue weighted by Gasteiger charge is -2.08. The van der Waals surface area contributed by atoms with E-state index in [-0.39, 0.29) is 12.0 Å². The Morgan fingerprint density at radius 1 is 1.60 bits per heavy atom. The molecule has 0 amide bonds. The van der Waals surface area contributed by atoms with Gasteiger partial charge in [-0.2, -0.15) is 0 Å². The first-order valence-corrected chi connectivity index (χ1v) is 4.37. The molecule has 0 aliphatic heterocycles. The molecule has 1 N–H and O–H groups in total. The van der Waals surface area contributed by atoms with E-state index in [1.165, 1.54) is 18.3 Å². The predicted octanol–water partition coefficient (Wildman–Crippen LogP) is 2.02. The van der Waals surface area contributed by atoms with Crippen LogP contribution in [-0.4, -0.2) is 10.3 Å². The van der Waals surface area contributed by atoms with Crippen LogP contribution in [0.15, 0.2) is 22.9 Å². The van der Waals surface area contributed by atoms with E-state index in [4.69, 9.17) is 10.9 Å². The molecule has 2 aromatic rings. The monoisotopic (exact) mass is 205 g/mol. The summed E-state index contributed by atoms with van der Waals surface area (Å²) in [7, 11) is 0. The van der Waals surface area contributed by atoms with Crippen molar-refractivity contribution in [3.63, 3.8) is 0 Å². The molecule has 0 aliphatic carbocycles. The second-order valence-electron chi connectivity index (χ2n) is 3.16. The first-order chi connectivity index (χ1) is 7.22.